The van der Waals surface area contributed by atoms with Gasteiger partial charge in [0, 0.05) is 38.2 Å². The molecule has 3 nitrogen and oxygen atoms in total. The van der Waals surface area contributed by atoms with Crippen LogP contribution in [0.1, 0.15) is 28.6 Å². The summed E-state index contributed by atoms with van der Waals surface area (Å²) in [6.45, 7) is 8.13. The van der Waals surface area contributed by atoms with Gasteiger partial charge in [-0.15, -0.1) is 11.3 Å². The summed E-state index contributed by atoms with van der Waals surface area (Å²) in [6, 6.07) is 10.3. The minimum Gasteiger partial charge on any atom is -0.361 e. The molecule has 0 bridgehead atoms. The lowest BCUT2D eigenvalue weighted by Gasteiger charge is -2.28. The van der Waals surface area contributed by atoms with Crippen LogP contribution < -0.4 is 10.2 Å². The van der Waals surface area contributed by atoms with E-state index in [0.29, 0.717) is 6.42 Å². The van der Waals surface area contributed by atoms with Crippen molar-refractivity contribution in [2.24, 2.45) is 0 Å². The van der Waals surface area contributed by atoms with Crippen LogP contribution in [0.5, 0.6) is 0 Å². The van der Waals surface area contributed by atoms with Crippen LogP contribution in [0.3, 0.4) is 0 Å². The monoisotopic (exact) mass is 314 g/mol. The van der Waals surface area contributed by atoms with Gasteiger partial charge in [0.25, 0.3) is 0 Å². The molecule has 3 rings (SSSR count). The Morgan fingerprint density at radius 1 is 1.23 bits per heavy atom. The number of hydrogen-bond acceptors (Lipinski definition) is 4. The molecular weight excluding hydrogens is 292 g/mol. The van der Waals surface area contributed by atoms with Crippen molar-refractivity contribution in [3.8, 4) is 11.1 Å². The minimum absolute atomic E-state index is 0.244. The molecule has 2 heterocycles. The van der Waals surface area contributed by atoms with Crippen LogP contribution in [-0.2, 0) is 0 Å². The number of piperazine rings is 1. The molecule has 0 amide bonds. The summed E-state index contributed by atoms with van der Waals surface area (Å²) in [5.74, 6) is 0.244. The molecule has 0 atom stereocenters. The van der Waals surface area contributed by atoms with E-state index in [1.54, 1.807) is 11.3 Å². The van der Waals surface area contributed by atoms with Crippen LogP contribution in [0, 0.1) is 6.92 Å². The average Bonchev–Trinajstić information content (AvgIpc) is 2.93. The summed E-state index contributed by atoms with van der Waals surface area (Å²) in [7, 11) is 0. The minimum atomic E-state index is 0.244. The molecule has 1 fully saturated rings. The summed E-state index contributed by atoms with van der Waals surface area (Å²) in [5.41, 5.74) is 3.52. The number of carbonyl (C=O) groups excluding carboxylic acids is 1. The molecule has 0 saturated carbocycles. The van der Waals surface area contributed by atoms with Gasteiger partial charge in [-0.25, -0.2) is 0 Å². The van der Waals surface area contributed by atoms with E-state index in [0.717, 1.165) is 42.2 Å². The fraction of sp³-hybridized carbons (Fsp3) is 0.389. The number of rotatable bonds is 4. The normalized spacial score (nSPS) is 15.1. The molecule has 1 aromatic carbocycles. The van der Waals surface area contributed by atoms with Crippen molar-refractivity contribution in [1.82, 2.24) is 5.32 Å². The Labute approximate surface area is 136 Å². The number of nitrogens with zero attached hydrogens (tertiary/aromatic N) is 1. The van der Waals surface area contributed by atoms with Crippen molar-refractivity contribution in [3.05, 3.63) is 40.8 Å². The quantitative estimate of drug-likeness (QED) is 0.873. The van der Waals surface area contributed by atoms with Gasteiger partial charge in [-0.05, 0) is 18.1 Å². The zero-order valence-electron chi connectivity index (χ0n) is 13.2. The van der Waals surface area contributed by atoms with Gasteiger partial charge in [-0.1, -0.05) is 37.3 Å². The molecule has 4 heteroatoms. The highest BCUT2D eigenvalue weighted by Gasteiger charge is 2.24. The van der Waals surface area contributed by atoms with Crippen LogP contribution in [0.4, 0.5) is 5.00 Å². The molecule has 0 aliphatic carbocycles. The molecule has 0 radical (unpaired) electrons. The van der Waals surface area contributed by atoms with E-state index >= 15 is 0 Å². The number of anilines is 1. The molecule has 1 N–H and O–H groups in total. The van der Waals surface area contributed by atoms with E-state index in [-0.39, 0.29) is 5.78 Å². The highest BCUT2D eigenvalue weighted by atomic mass is 32.1. The summed E-state index contributed by atoms with van der Waals surface area (Å²) in [5, 5.41) is 4.65. The zero-order chi connectivity index (χ0) is 15.5. The van der Waals surface area contributed by atoms with Gasteiger partial charge in [-0.2, -0.15) is 0 Å². The first kappa shape index (κ1) is 15.3. The summed E-state index contributed by atoms with van der Waals surface area (Å²) in [6.07, 6.45) is 0.556. The van der Waals surface area contributed by atoms with Crippen LogP contribution >= 0.6 is 11.3 Å². The van der Waals surface area contributed by atoms with Gasteiger partial charge in [0.1, 0.15) is 0 Å². The molecule has 1 aliphatic rings. The lowest BCUT2D eigenvalue weighted by atomic mass is 9.99. The van der Waals surface area contributed by atoms with Crippen molar-refractivity contribution in [1.29, 1.82) is 0 Å². The topological polar surface area (TPSA) is 32.3 Å². The Bertz CT molecular complexity index is 657. The second-order valence-electron chi connectivity index (χ2n) is 5.62. The van der Waals surface area contributed by atoms with Gasteiger partial charge in [-0.3, -0.25) is 4.79 Å². The molecule has 116 valence electrons. The van der Waals surface area contributed by atoms with Gasteiger partial charge < -0.3 is 10.2 Å². The number of benzene rings is 1. The zero-order valence-corrected chi connectivity index (χ0v) is 14.0. The molecule has 1 aliphatic heterocycles. The van der Waals surface area contributed by atoms with E-state index in [1.165, 1.54) is 10.6 Å². The summed E-state index contributed by atoms with van der Waals surface area (Å²) >= 11 is 1.67. The smallest absolute Gasteiger partial charge is 0.173 e. The molecule has 0 spiro atoms. The molecule has 22 heavy (non-hydrogen) atoms. The van der Waals surface area contributed by atoms with Crippen molar-refractivity contribution in [2.75, 3.05) is 31.1 Å². The van der Waals surface area contributed by atoms with E-state index in [1.807, 2.05) is 25.1 Å². The van der Waals surface area contributed by atoms with Crippen LogP contribution in [0.25, 0.3) is 11.1 Å². The van der Waals surface area contributed by atoms with Crippen LogP contribution in [-0.4, -0.2) is 32.0 Å². The number of ketones is 1. The van der Waals surface area contributed by atoms with Crippen LogP contribution in [0.15, 0.2) is 30.3 Å². The van der Waals surface area contributed by atoms with Gasteiger partial charge in [0.05, 0.1) is 9.88 Å². The molecule has 1 aromatic heterocycles. The number of nitrogens with one attached hydrogen (secondary N) is 1. The number of hydrogen-bond donors (Lipinski definition) is 1. The first-order valence-corrected chi connectivity index (χ1v) is 8.71. The highest BCUT2D eigenvalue weighted by molar-refractivity contribution is 7.18. The van der Waals surface area contributed by atoms with E-state index < -0.39 is 0 Å². The standard InChI is InChI=1S/C18H22N2OS/c1-3-15(21)17-16(14-7-5-4-6-8-14)13(2)18(22-17)20-11-9-19-10-12-20/h4-8,19H,3,9-12H2,1-2H3. The molecule has 0 unspecified atom stereocenters. The Morgan fingerprint density at radius 2 is 1.91 bits per heavy atom. The lowest BCUT2D eigenvalue weighted by molar-refractivity contribution is 0.0992. The maximum absolute atomic E-state index is 12.4. The van der Waals surface area contributed by atoms with Crippen molar-refractivity contribution in [3.63, 3.8) is 0 Å². The molecule has 2 aromatic rings. The maximum Gasteiger partial charge on any atom is 0.173 e. The average molecular weight is 314 g/mol. The summed E-state index contributed by atoms with van der Waals surface area (Å²) in [4.78, 5) is 15.8. The maximum atomic E-state index is 12.4. The SMILES string of the molecule is CCC(=O)c1sc(N2CCNCC2)c(C)c1-c1ccccc1. The fourth-order valence-corrected chi connectivity index (χ4v) is 4.37. The number of Topliss-reactive ketones (excluding diaryl/α,β-unsaturated/α-hetero) is 1. The third-order valence-electron chi connectivity index (χ3n) is 4.16. The fourth-order valence-electron chi connectivity index (χ4n) is 2.98. The third-order valence-corrected chi connectivity index (χ3v) is 5.56. The predicted octanol–water partition coefficient (Wildman–Crippen LogP) is 3.73. The first-order chi connectivity index (χ1) is 10.7. The van der Waals surface area contributed by atoms with Gasteiger partial charge in [0.2, 0.25) is 0 Å². The van der Waals surface area contributed by atoms with E-state index in [9.17, 15) is 4.79 Å². The number of thiophene rings is 1. The van der Waals surface area contributed by atoms with E-state index in [4.69, 9.17) is 0 Å². The third kappa shape index (κ3) is 2.81. The van der Waals surface area contributed by atoms with Crippen LogP contribution in [0.2, 0.25) is 0 Å². The van der Waals surface area contributed by atoms with Crippen molar-refractivity contribution >= 4 is 22.1 Å². The lowest BCUT2D eigenvalue weighted by Crippen LogP contribution is -2.43. The van der Waals surface area contributed by atoms with Crippen molar-refractivity contribution < 1.29 is 4.79 Å². The number of carbonyl (C=O) groups is 1. The highest BCUT2D eigenvalue weighted by Crippen LogP contribution is 2.42. The second-order valence-corrected chi connectivity index (χ2v) is 6.62. The molecular formula is C18H22N2OS. The molecule has 1 saturated heterocycles. The largest absolute Gasteiger partial charge is 0.361 e. The Hall–Kier alpha value is -1.65. The predicted molar refractivity (Wildman–Crippen MR) is 94.2 cm³/mol. The first-order valence-electron chi connectivity index (χ1n) is 7.90. The Morgan fingerprint density at radius 3 is 2.55 bits per heavy atom. The Kier molecular flexibility index (Phi) is 4.60. The van der Waals surface area contributed by atoms with Gasteiger partial charge in [0.15, 0.2) is 5.78 Å². The second kappa shape index (κ2) is 6.63. The Balaban J connectivity index is 2.10. The van der Waals surface area contributed by atoms with E-state index in [2.05, 4.69) is 29.3 Å². The van der Waals surface area contributed by atoms with Crippen molar-refractivity contribution in [2.45, 2.75) is 20.3 Å². The van der Waals surface area contributed by atoms with Gasteiger partial charge >= 0.3 is 0 Å². The summed E-state index contributed by atoms with van der Waals surface area (Å²) < 4.78 is 0.